The van der Waals surface area contributed by atoms with Crippen LogP contribution in [0.25, 0.3) is 0 Å². The van der Waals surface area contributed by atoms with Gasteiger partial charge in [-0.2, -0.15) is 0 Å². The van der Waals surface area contributed by atoms with Crippen molar-refractivity contribution in [3.05, 3.63) is 32.1 Å². The fraction of sp³-hybridized carbons (Fsp3) is 0.556. The van der Waals surface area contributed by atoms with Crippen molar-refractivity contribution in [3.63, 3.8) is 0 Å². The summed E-state index contributed by atoms with van der Waals surface area (Å²) in [6, 6.07) is 0. The van der Waals surface area contributed by atoms with Crippen molar-refractivity contribution in [2.24, 2.45) is 5.73 Å². The van der Waals surface area contributed by atoms with E-state index in [-0.39, 0.29) is 5.56 Å². The summed E-state index contributed by atoms with van der Waals surface area (Å²) in [6.07, 6.45) is 2.02. The first kappa shape index (κ1) is 10.7. The standard InChI is InChI=1S/C9H15N3O2/c1-2-7-6(4-3-5-10)8(13)12-9(14)11-7/h2-5,10H2,1H3,(H2,11,12,13,14). The number of aryl methyl sites for hydroxylation is 1. The number of nitrogens with one attached hydrogen (secondary N) is 2. The number of hydrogen-bond donors (Lipinski definition) is 3. The molecule has 14 heavy (non-hydrogen) atoms. The van der Waals surface area contributed by atoms with E-state index in [1.165, 1.54) is 0 Å². The van der Waals surface area contributed by atoms with Gasteiger partial charge in [0.1, 0.15) is 0 Å². The minimum Gasteiger partial charge on any atom is -0.330 e. The van der Waals surface area contributed by atoms with Gasteiger partial charge in [-0.3, -0.25) is 9.78 Å². The van der Waals surface area contributed by atoms with E-state index < -0.39 is 5.69 Å². The monoisotopic (exact) mass is 197 g/mol. The molecule has 5 heteroatoms. The lowest BCUT2D eigenvalue weighted by Crippen LogP contribution is -2.28. The summed E-state index contributed by atoms with van der Waals surface area (Å²) in [5.41, 5.74) is 6.00. The van der Waals surface area contributed by atoms with Gasteiger partial charge in [-0.25, -0.2) is 4.79 Å². The molecule has 0 amide bonds. The number of nitrogens with two attached hydrogens (primary N) is 1. The van der Waals surface area contributed by atoms with Crippen LogP contribution in [0.1, 0.15) is 24.6 Å². The molecule has 5 nitrogen and oxygen atoms in total. The summed E-state index contributed by atoms with van der Waals surface area (Å²) in [6.45, 7) is 2.44. The van der Waals surface area contributed by atoms with Gasteiger partial charge in [0.05, 0.1) is 0 Å². The second-order valence-electron chi connectivity index (χ2n) is 3.11. The highest BCUT2D eigenvalue weighted by molar-refractivity contribution is 5.16. The Balaban J connectivity index is 3.12. The smallest absolute Gasteiger partial charge is 0.325 e. The van der Waals surface area contributed by atoms with E-state index in [1.54, 1.807) is 0 Å². The molecule has 1 heterocycles. The topological polar surface area (TPSA) is 91.7 Å². The van der Waals surface area contributed by atoms with Gasteiger partial charge in [-0.1, -0.05) is 6.92 Å². The second-order valence-corrected chi connectivity index (χ2v) is 3.11. The maximum atomic E-state index is 11.4. The summed E-state index contributed by atoms with van der Waals surface area (Å²) in [7, 11) is 0. The average Bonchev–Trinajstić information content (AvgIpc) is 2.15. The Kier molecular flexibility index (Phi) is 3.64. The SMILES string of the molecule is CCc1[nH]c(=O)[nH]c(=O)c1CCCN. The Bertz CT molecular complexity index is 405. The van der Waals surface area contributed by atoms with Crippen molar-refractivity contribution >= 4 is 0 Å². The molecule has 0 aliphatic heterocycles. The Morgan fingerprint density at radius 3 is 2.57 bits per heavy atom. The molecule has 0 saturated carbocycles. The van der Waals surface area contributed by atoms with Gasteiger partial charge in [0.2, 0.25) is 0 Å². The van der Waals surface area contributed by atoms with Gasteiger partial charge in [0.25, 0.3) is 5.56 Å². The predicted octanol–water partition coefficient (Wildman–Crippen LogP) is -0.483. The molecule has 0 unspecified atom stereocenters. The first-order chi connectivity index (χ1) is 6.69. The molecule has 0 aliphatic rings. The Labute approximate surface area is 81.4 Å². The quantitative estimate of drug-likeness (QED) is 0.608. The van der Waals surface area contributed by atoms with E-state index in [1.807, 2.05) is 6.92 Å². The third-order valence-corrected chi connectivity index (χ3v) is 2.11. The number of aromatic nitrogens is 2. The van der Waals surface area contributed by atoms with Crippen LogP contribution in [0.2, 0.25) is 0 Å². The molecule has 0 saturated heterocycles. The summed E-state index contributed by atoms with van der Waals surface area (Å²) in [4.78, 5) is 27.2. The maximum absolute atomic E-state index is 11.4. The largest absolute Gasteiger partial charge is 0.330 e. The van der Waals surface area contributed by atoms with E-state index in [4.69, 9.17) is 5.73 Å². The van der Waals surface area contributed by atoms with Crippen LogP contribution in [0.4, 0.5) is 0 Å². The highest BCUT2D eigenvalue weighted by Crippen LogP contribution is 2.01. The molecule has 4 N–H and O–H groups in total. The van der Waals surface area contributed by atoms with Crippen LogP contribution in [0, 0.1) is 0 Å². The molecule has 0 aliphatic carbocycles. The van der Waals surface area contributed by atoms with Crippen molar-refractivity contribution in [3.8, 4) is 0 Å². The van der Waals surface area contributed by atoms with Crippen molar-refractivity contribution in [1.29, 1.82) is 0 Å². The minimum absolute atomic E-state index is 0.293. The maximum Gasteiger partial charge on any atom is 0.325 e. The van der Waals surface area contributed by atoms with E-state index in [0.717, 1.165) is 6.42 Å². The van der Waals surface area contributed by atoms with Crippen LogP contribution >= 0.6 is 0 Å². The third-order valence-electron chi connectivity index (χ3n) is 2.11. The van der Waals surface area contributed by atoms with E-state index in [2.05, 4.69) is 9.97 Å². The molecule has 0 spiro atoms. The third kappa shape index (κ3) is 2.32. The first-order valence-corrected chi connectivity index (χ1v) is 4.73. The van der Waals surface area contributed by atoms with Crippen LogP contribution in [-0.2, 0) is 12.8 Å². The lowest BCUT2D eigenvalue weighted by Gasteiger charge is -2.04. The zero-order chi connectivity index (χ0) is 10.6. The summed E-state index contributed by atoms with van der Waals surface area (Å²) >= 11 is 0. The van der Waals surface area contributed by atoms with Gasteiger partial charge >= 0.3 is 5.69 Å². The molecule has 1 rings (SSSR count). The van der Waals surface area contributed by atoms with Crippen LogP contribution in [0.3, 0.4) is 0 Å². The fourth-order valence-corrected chi connectivity index (χ4v) is 1.40. The van der Waals surface area contributed by atoms with Crippen LogP contribution in [-0.4, -0.2) is 16.5 Å². The van der Waals surface area contributed by atoms with Gasteiger partial charge in [0.15, 0.2) is 0 Å². The number of aromatic amines is 2. The molecule has 1 aromatic heterocycles. The fourth-order valence-electron chi connectivity index (χ4n) is 1.40. The van der Waals surface area contributed by atoms with Gasteiger partial charge in [0, 0.05) is 11.3 Å². The lowest BCUT2D eigenvalue weighted by atomic mass is 10.1. The van der Waals surface area contributed by atoms with Gasteiger partial charge < -0.3 is 10.7 Å². The summed E-state index contributed by atoms with van der Waals surface area (Å²) < 4.78 is 0. The Morgan fingerprint density at radius 2 is 2.00 bits per heavy atom. The lowest BCUT2D eigenvalue weighted by molar-refractivity contribution is 0.785. The second kappa shape index (κ2) is 4.76. The molecule has 0 bridgehead atoms. The highest BCUT2D eigenvalue weighted by Gasteiger charge is 2.06. The number of rotatable bonds is 4. The summed E-state index contributed by atoms with van der Waals surface area (Å²) in [5, 5.41) is 0. The highest BCUT2D eigenvalue weighted by atomic mass is 16.2. The van der Waals surface area contributed by atoms with Crippen LogP contribution in [0.5, 0.6) is 0 Å². The van der Waals surface area contributed by atoms with Crippen LogP contribution in [0.15, 0.2) is 9.59 Å². The zero-order valence-electron chi connectivity index (χ0n) is 8.22. The molecule has 0 aromatic carbocycles. The average molecular weight is 197 g/mol. The Hall–Kier alpha value is -1.36. The van der Waals surface area contributed by atoms with Crippen LogP contribution < -0.4 is 17.0 Å². The van der Waals surface area contributed by atoms with E-state index >= 15 is 0 Å². The summed E-state index contributed by atoms with van der Waals surface area (Å²) in [5.74, 6) is 0. The zero-order valence-corrected chi connectivity index (χ0v) is 8.22. The Morgan fingerprint density at radius 1 is 1.29 bits per heavy atom. The molecule has 1 aromatic rings. The number of hydrogen-bond acceptors (Lipinski definition) is 3. The molecule has 0 radical (unpaired) electrons. The first-order valence-electron chi connectivity index (χ1n) is 4.73. The van der Waals surface area contributed by atoms with Gasteiger partial charge in [-0.05, 0) is 25.8 Å². The van der Waals surface area contributed by atoms with Crippen molar-refractivity contribution in [2.45, 2.75) is 26.2 Å². The minimum atomic E-state index is -0.441. The van der Waals surface area contributed by atoms with Crippen molar-refractivity contribution < 1.29 is 0 Å². The van der Waals surface area contributed by atoms with Gasteiger partial charge in [-0.15, -0.1) is 0 Å². The molecule has 0 fully saturated rings. The molecular formula is C9H15N3O2. The molecule has 0 atom stereocenters. The number of H-pyrrole nitrogens is 2. The predicted molar refractivity (Wildman–Crippen MR) is 54.4 cm³/mol. The molecular weight excluding hydrogens is 182 g/mol. The van der Waals surface area contributed by atoms with E-state index in [9.17, 15) is 9.59 Å². The normalized spacial score (nSPS) is 10.4. The molecule has 78 valence electrons. The van der Waals surface area contributed by atoms with E-state index in [0.29, 0.717) is 30.6 Å². The van der Waals surface area contributed by atoms with Crippen molar-refractivity contribution in [1.82, 2.24) is 9.97 Å². The van der Waals surface area contributed by atoms with Crippen molar-refractivity contribution in [2.75, 3.05) is 6.54 Å².